The van der Waals surface area contributed by atoms with Gasteiger partial charge in [-0.25, -0.2) is 27.8 Å². The summed E-state index contributed by atoms with van der Waals surface area (Å²) in [5, 5.41) is 2.72. The maximum absolute atomic E-state index is 14.7. The van der Waals surface area contributed by atoms with Gasteiger partial charge in [0.05, 0.1) is 23.0 Å². The molecule has 5 heterocycles. The second kappa shape index (κ2) is 9.11. The van der Waals surface area contributed by atoms with Crippen LogP contribution >= 0.6 is 11.3 Å². The van der Waals surface area contributed by atoms with Crippen LogP contribution in [0.3, 0.4) is 0 Å². The Balaban J connectivity index is 1.59. The van der Waals surface area contributed by atoms with Crippen LogP contribution in [0.5, 0.6) is 5.88 Å². The van der Waals surface area contributed by atoms with Gasteiger partial charge in [0.15, 0.2) is 0 Å². The Morgan fingerprint density at radius 3 is 2.71 bits per heavy atom. The van der Waals surface area contributed by atoms with Gasteiger partial charge in [0.2, 0.25) is 5.88 Å². The zero-order valence-electron chi connectivity index (χ0n) is 19.6. The Labute approximate surface area is 219 Å². The smallest absolute Gasteiger partial charge is 0.265 e. The van der Waals surface area contributed by atoms with Gasteiger partial charge in [-0.3, -0.25) is 14.5 Å². The first-order valence-corrected chi connectivity index (χ1v) is 13.5. The highest BCUT2D eigenvalue weighted by Gasteiger charge is 2.24. The lowest BCUT2D eigenvalue weighted by molar-refractivity contribution is 0.0950. The summed E-state index contributed by atoms with van der Waals surface area (Å²) in [6.45, 7) is 0.106. The summed E-state index contributed by atoms with van der Waals surface area (Å²) in [5.41, 5.74) is 3.34. The Morgan fingerprint density at radius 1 is 1.00 bits per heavy atom. The number of amides is 1. The molecule has 2 N–H and O–H groups in total. The van der Waals surface area contributed by atoms with Gasteiger partial charge in [0, 0.05) is 46.7 Å². The third-order valence-electron chi connectivity index (χ3n) is 5.89. The van der Waals surface area contributed by atoms with E-state index in [2.05, 4.69) is 30.0 Å². The van der Waals surface area contributed by atoms with E-state index < -0.39 is 26.6 Å². The van der Waals surface area contributed by atoms with Gasteiger partial charge in [-0.05, 0) is 42.0 Å². The first kappa shape index (κ1) is 23.9. The van der Waals surface area contributed by atoms with Crippen molar-refractivity contribution in [2.75, 3.05) is 11.8 Å². The van der Waals surface area contributed by atoms with Crippen molar-refractivity contribution in [1.82, 2.24) is 25.3 Å². The Morgan fingerprint density at radius 2 is 1.87 bits per heavy atom. The maximum Gasteiger partial charge on any atom is 0.265 e. The molecule has 13 heteroatoms. The molecule has 1 aromatic carbocycles. The van der Waals surface area contributed by atoms with E-state index in [1.54, 1.807) is 24.7 Å². The van der Waals surface area contributed by atoms with E-state index in [9.17, 15) is 17.6 Å². The van der Waals surface area contributed by atoms with Gasteiger partial charge in [-0.2, -0.15) is 0 Å². The van der Waals surface area contributed by atoms with Crippen LogP contribution < -0.4 is 14.8 Å². The molecule has 0 fully saturated rings. The van der Waals surface area contributed by atoms with Crippen LogP contribution in [0, 0.1) is 5.82 Å². The van der Waals surface area contributed by atoms with E-state index in [1.165, 1.54) is 30.8 Å². The topological polar surface area (TPSA) is 136 Å². The number of anilines is 1. The van der Waals surface area contributed by atoms with Gasteiger partial charge < -0.3 is 10.1 Å². The van der Waals surface area contributed by atoms with Gasteiger partial charge in [0.1, 0.15) is 22.7 Å². The summed E-state index contributed by atoms with van der Waals surface area (Å²) in [6.07, 6.45) is 6.28. The van der Waals surface area contributed by atoms with E-state index in [0.717, 1.165) is 27.3 Å². The van der Waals surface area contributed by atoms with Crippen LogP contribution in [0.2, 0.25) is 0 Å². The summed E-state index contributed by atoms with van der Waals surface area (Å²) < 4.78 is 49.6. The molecular formula is C25H17FN6O4S2. The number of benzene rings is 1. The lowest BCUT2D eigenvalue weighted by Crippen LogP contribution is -2.24. The number of methoxy groups -OCH3 is 1. The predicted molar refractivity (Wildman–Crippen MR) is 139 cm³/mol. The number of hydrogen-bond donors (Lipinski definition) is 2. The molecule has 1 aliphatic heterocycles. The molecule has 0 atom stereocenters. The van der Waals surface area contributed by atoms with Crippen LogP contribution in [0.15, 0.2) is 66.2 Å². The number of sulfonamides is 1. The van der Waals surface area contributed by atoms with Gasteiger partial charge in [-0.15, -0.1) is 11.3 Å². The maximum atomic E-state index is 14.7. The molecule has 1 amide bonds. The lowest BCUT2D eigenvalue weighted by atomic mass is 10.1. The van der Waals surface area contributed by atoms with Crippen LogP contribution in [0.4, 0.5) is 10.1 Å². The molecule has 0 aliphatic carbocycles. The van der Waals surface area contributed by atoms with Crippen molar-refractivity contribution in [2.24, 2.45) is 0 Å². The number of nitrogens with one attached hydrogen (secondary N) is 2. The van der Waals surface area contributed by atoms with Crippen molar-refractivity contribution in [3.8, 4) is 27.6 Å². The molecular weight excluding hydrogens is 531 g/mol. The van der Waals surface area contributed by atoms with Crippen molar-refractivity contribution in [1.29, 1.82) is 0 Å². The van der Waals surface area contributed by atoms with Gasteiger partial charge >= 0.3 is 0 Å². The molecule has 0 radical (unpaired) electrons. The minimum Gasteiger partial charge on any atom is -0.480 e. The highest BCUT2D eigenvalue weighted by molar-refractivity contribution is 7.92. The van der Waals surface area contributed by atoms with E-state index in [1.807, 2.05) is 12.1 Å². The minimum atomic E-state index is -4.47. The molecule has 8 bridgehead atoms. The second-order valence-electron chi connectivity index (χ2n) is 8.34. The van der Waals surface area contributed by atoms with Crippen LogP contribution in [-0.2, 0) is 16.6 Å². The summed E-state index contributed by atoms with van der Waals surface area (Å²) in [7, 11) is -3.13. The van der Waals surface area contributed by atoms with Crippen LogP contribution in [-0.4, -0.2) is 41.4 Å². The Kier molecular flexibility index (Phi) is 5.73. The zero-order valence-corrected chi connectivity index (χ0v) is 21.2. The Bertz CT molecular complexity index is 1860. The number of carbonyl (C=O) groups is 1. The quantitative estimate of drug-likeness (QED) is 0.321. The molecule has 190 valence electrons. The number of halogens is 1. The van der Waals surface area contributed by atoms with Crippen molar-refractivity contribution in [3.05, 3.63) is 78.3 Å². The Hall–Kier alpha value is -4.49. The fourth-order valence-electron chi connectivity index (χ4n) is 4.07. The molecule has 0 spiro atoms. The van der Waals surface area contributed by atoms with E-state index in [0.29, 0.717) is 22.3 Å². The van der Waals surface area contributed by atoms with Crippen LogP contribution in [0.1, 0.15) is 15.9 Å². The van der Waals surface area contributed by atoms with Crippen molar-refractivity contribution < 1.29 is 22.3 Å². The number of carbonyl (C=O) groups excluding carboxylic acids is 1. The number of aromatic nitrogens is 4. The third kappa shape index (κ3) is 4.21. The molecule has 0 saturated heterocycles. The molecule has 4 aromatic heterocycles. The monoisotopic (exact) mass is 548 g/mol. The molecule has 10 nitrogen and oxygen atoms in total. The zero-order chi connectivity index (χ0) is 26.4. The molecule has 6 rings (SSSR count). The average molecular weight is 549 g/mol. The summed E-state index contributed by atoms with van der Waals surface area (Å²) >= 11 is 1.40. The first-order chi connectivity index (χ1) is 18.3. The highest BCUT2D eigenvalue weighted by atomic mass is 32.2. The average Bonchev–Trinajstić information content (AvgIpc) is 3.36. The normalized spacial score (nSPS) is 14.3. The van der Waals surface area contributed by atoms with E-state index in [-0.39, 0.29) is 23.7 Å². The fourth-order valence-corrected chi connectivity index (χ4v) is 6.33. The van der Waals surface area contributed by atoms with Gasteiger partial charge in [-0.1, -0.05) is 0 Å². The van der Waals surface area contributed by atoms with Crippen molar-refractivity contribution in [2.45, 2.75) is 11.4 Å². The van der Waals surface area contributed by atoms with Crippen LogP contribution in [0.25, 0.3) is 31.9 Å². The molecule has 5 aromatic rings. The molecule has 0 unspecified atom stereocenters. The number of thiophene rings is 1. The highest BCUT2D eigenvalue weighted by Crippen LogP contribution is 2.39. The predicted octanol–water partition coefficient (Wildman–Crippen LogP) is 4.01. The van der Waals surface area contributed by atoms with Crippen molar-refractivity contribution in [3.63, 3.8) is 0 Å². The van der Waals surface area contributed by atoms with Crippen molar-refractivity contribution >= 4 is 43.2 Å². The summed E-state index contributed by atoms with van der Waals surface area (Å²) in [4.78, 5) is 30.3. The first-order valence-electron chi connectivity index (χ1n) is 11.2. The number of rotatable bonds is 1. The second-order valence-corrected chi connectivity index (χ2v) is 11.0. The number of pyridine rings is 2. The number of fused-ring (bicyclic) bond motifs is 9. The number of hydrogen-bond acceptors (Lipinski definition) is 9. The number of nitrogens with zero attached hydrogens (tertiary/aromatic N) is 4. The minimum absolute atomic E-state index is 0.000959. The standard InChI is InChI=1S/C25H17FN6O4S2/c1-36-25-19-5-15(11-29-25)20-7-18-23(37-20)22(31-12-30-18)16-4-13(8-27-10-16)9-28-24(33)14-2-3-17(26)21(6-14)38(34,35)32-19/h2-8,10-12,32H,9H2,1H3,(H,28,33). The SMILES string of the molecule is COc1ncc2cc1NS(=O)(=O)c1cc(ccc1F)C(=O)NCc1cncc(c1)-c1ncnc3cc-2sc13. The molecule has 38 heavy (non-hydrogen) atoms. The van der Waals surface area contributed by atoms with E-state index >= 15 is 0 Å². The molecule has 0 saturated carbocycles. The third-order valence-corrected chi connectivity index (χ3v) is 8.45. The fraction of sp³-hybridized carbons (Fsp3) is 0.0800. The molecule has 1 aliphatic rings. The summed E-state index contributed by atoms with van der Waals surface area (Å²) in [5.74, 6) is -1.61. The van der Waals surface area contributed by atoms with E-state index in [4.69, 9.17) is 4.74 Å². The van der Waals surface area contributed by atoms with Gasteiger partial charge in [0.25, 0.3) is 15.9 Å². The largest absolute Gasteiger partial charge is 0.480 e. The summed E-state index contributed by atoms with van der Waals surface area (Å²) in [6, 6.07) is 8.38. The number of ether oxygens (including phenoxy) is 1. The lowest BCUT2D eigenvalue weighted by Gasteiger charge is -2.14.